The van der Waals surface area contributed by atoms with Gasteiger partial charge in [0.25, 0.3) is 5.91 Å². The zero-order valence-corrected chi connectivity index (χ0v) is 17.4. The maximum atomic E-state index is 12.3. The number of ether oxygens (including phenoxy) is 2. The molecule has 0 aliphatic carbocycles. The number of hydrogen-bond acceptors (Lipinski definition) is 6. The summed E-state index contributed by atoms with van der Waals surface area (Å²) in [7, 11) is 2.71. The molecule has 0 atom stereocenters. The van der Waals surface area contributed by atoms with Crippen LogP contribution in [-0.2, 0) is 19.1 Å². The molecule has 0 heterocycles. The second kappa shape index (κ2) is 10.2. The van der Waals surface area contributed by atoms with E-state index in [9.17, 15) is 19.2 Å². The number of anilines is 1. The van der Waals surface area contributed by atoms with Gasteiger partial charge in [-0.15, -0.1) is 0 Å². The van der Waals surface area contributed by atoms with Crippen molar-refractivity contribution in [3.63, 3.8) is 0 Å². The van der Waals surface area contributed by atoms with Crippen molar-refractivity contribution in [2.75, 3.05) is 32.6 Å². The third-order valence-electron chi connectivity index (χ3n) is 4.42. The summed E-state index contributed by atoms with van der Waals surface area (Å²) in [6.07, 6.45) is 0. The van der Waals surface area contributed by atoms with Crippen LogP contribution in [0.2, 0.25) is 0 Å². The first-order valence-electron chi connectivity index (χ1n) is 9.18. The molecule has 1 N–H and O–H groups in total. The standard InChI is InChI=1S/C22H24N2O6/c1-14-6-5-7-15(2)20(14)23-18(25)12-24(3)19(26)13-30-22(28)17-10-8-16(9-11-17)21(27)29-4/h5-11H,12-13H2,1-4H3,(H,23,25). The predicted octanol–water partition coefficient (Wildman–Crippen LogP) is 2.34. The van der Waals surface area contributed by atoms with Crippen LogP contribution in [0.15, 0.2) is 42.5 Å². The number of rotatable bonds is 7. The number of carbonyl (C=O) groups excluding carboxylic acids is 4. The maximum absolute atomic E-state index is 12.3. The average molecular weight is 412 g/mol. The molecule has 0 aliphatic rings. The van der Waals surface area contributed by atoms with Gasteiger partial charge in [-0.05, 0) is 49.2 Å². The maximum Gasteiger partial charge on any atom is 0.338 e. The molecule has 0 bridgehead atoms. The number of methoxy groups -OCH3 is 1. The number of esters is 2. The summed E-state index contributed by atoms with van der Waals surface area (Å²) in [5, 5.41) is 2.80. The summed E-state index contributed by atoms with van der Waals surface area (Å²) in [6.45, 7) is 3.08. The molecule has 0 saturated heterocycles. The first-order valence-corrected chi connectivity index (χ1v) is 9.18. The second-order valence-corrected chi connectivity index (χ2v) is 6.71. The summed E-state index contributed by atoms with van der Waals surface area (Å²) < 4.78 is 9.58. The van der Waals surface area contributed by atoms with E-state index in [1.165, 1.54) is 43.3 Å². The normalized spacial score (nSPS) is 10.1. The minimum absolute atomic E-state index is 0.183. The van der Waals surface area contributed by atoms with Gasteiger partial charge in [0.2, 0.25) is 5.91 Å². The quantitative estimate of drug-likeness (QED) is 0.701. The van der Waals surface area contributed by atoms with Crippen molar-refractivity contribution in [2.24, 2.45) is 0 Å². The van der Waals surface area contributed by atoms with Crippen molar-refractivity contribution in [1.29, 1.82) is 0 Å². The van der Waals surface area contributed by atoms with E-state index in [1.807, 2.05) is 32.0 Å². The van der Waals surface area contributed by atoms with E-state index in [0.29, 0.717) is 11.3 Å². The van der Waals surface area contributed by atoms with Crippen LogP contribution in [0, 0.1) is 13.8 Å². The molecule has 2 rings (SSSR count). The monoisotopic (exact) mass is 412 g/mol. The highest BCUT2D eigenvalue weighted by Gasteiger charge is 2.17. The van der Waals surface area contributed by atoms with E-state index in [0.717, 1.165) is 11.1 Å². The van der Waals surface area contributed by atoms with Gasteiger partial charge < -0.3 is 19.7 Å². The first kappa shape index (κ1) is 22.6. The Bertz CT molecular complexity index is 932. The van der Waals surface area contributed by atoms with Gasteiger partial charge in [0.15, 0.2) is 6.61 Å². The van der Waals surface area contributed by atoms with Crippen LogP contribution >= 0.6 is 0 Å². The van der Waals surface area contributed by atoms with Gasteiger partial charge in [0.05, 0.1) is 24.8 Å². The van der Waals surface area contributed by atoms with Crippen LogP contribution in [0.3, 0.4) is 0 Å². The Morgan fingerprint density at radius 3 is 1.97 bits per heavy atom. The SMILES string of the molecule is COC(=O)c1ccc(C(=O)OCC(=O)N(C)CC(=O)Nc2c(C)cccc2C)cc1. The third-order valence-corrected chi connectivity index (χ3v) is 4.42. The second-order valence-electron chi connectivity index (χ2n) is 6.71. The third kappa shape index (κ3) is 5.91. The Balaban J connectivity index is 1.86. The highest BCUT2D eigenvalue weighted by atomic mass is 16.5. The van der Waals surface area contributed by atoms with Gasteiger partial charge >= 0.3 is 11.9 Å². The van der Waals surface area contributed by atoms with Crippen molar-refractivity contribution in [3.05, 3.63) is 64.7 Å². The molecule has 2 amide bonds. The van der Waals surface area contributed by atoms with Crippen LogP contribution in [0.1, 0.15) is 31.8 Å². The minimum Gasteiger partial charge on any atom is -0.465 e. The largest absolute Gasteiger partial charge is 0.465 e. The summed E-state index contributed by atoms with van der Waals surface area (Å²) in [6, 6.07) is 11.3. The van der Waals surface area contributed by atoms with E-state index < -0.39 is 24.5 Å². The molecule has 30 heavy (non-hydrogen) atoms. The number of hydrogen-bond donors (Lipinski definition) is 1. The molecule has 0 radical (unpaired) electrons. The Hall–Kier alpha value is -3.68. The number of carbonyl (C=O) groups is 4. The van der Waals surface area contributed by atoms with E-state index >= 15 is 0 Å². The molecular formula is C22H24N2O6. The average Bonchev–Trinajstić information content (AvgIpc) is 2.73. The highest BCUT2D eigenvalue weighted by Crippen LogP contribution is 2.19. The zero-order valence-electron chi connectivity index (χ0n) is 17.4. The lowest BCUT2D eigenvalue weighted by atomic mass is 10.1. The van der Waals surface area contributed by atoms with Gasteiger partial charge in [-0.3, -0.25) is 9.59 Å². The van der Waals surface area contributed by atoms with Crippen LogP contribution in [-0.4, -0.2) is 56.0 Å². The molecule has 0 unspecified atom stereocenters. The predicted molar refractivity (Wildman–Crippen MR) is 110 cm³/mol. The number of para-hydroxylation sites is 1. The fourth-order valence-corrected chi connectivity index (χ4v) is 2.68. The van der Waals surface area contributed by atoms with Gasteiger partial charge in [-0.1, -0.05) is 18.2 Å². The van der Waals surface area contributed by atoms with Gasteiger partial charge in [-0.25, -0.2) is 9.59 Å². The molecule has 158 valence electrons. The lowest BCUT2D eigenvalue weighted by Gasteiger charge is -2.18. The summed E-state index contributed by atoms with van der Waals surface area (Å²) in [5.74, 6) is -2.11. The fourth-order valence-electron chi connectivity index (χ4n) is 2.68. The molecular weight excluding hydrogens is 388 g/mol. The molecule has 0 saturated carbocycles. The Morgan fingerprint density at radius 1 is 0.900 bits per heavy atom. The van der Waals surface area contributed by atoms with E-state index in [1.54, 1.807) is 0 Å². The fraction of sp³-hybridized carbons (Fsp3) is 0.273. The summed E-state index contributed by atoms with van der Waals surface area (Å²) >= 11 is 0. The van der Waals surface area contributed by atoms with Crippen molar-refractivity contribution in [2.45, 2.75) is 13.8 Å². The lowest BCUT2D eigenvalue weighted by Crippen LogP contribution is -2.37. The minimum atomic E-state index is -0.715. The smallest absolute Gasteiger partial charge is 0.338 e. The van der Waals surface area contributed by atoms with Crippen LogP contribution in [0.4, 0.5) is 5.69 Å². The lowest BCUT2D eigenvalue weighted by molar-refractivity contribution is -0.136. The van der Waals surface area contributed by atoms with Crippen LogP contribution in [0.5, 0.6) is 0 Å². The van der Waals surface area contributed by atoms with Crippen molar-refractivity contribution >= 4 is 29.4 Å². The number of nitrogens with one attached hydrogen (secondary N) is 1. The molecule has 2 aromatic rings. The number of likely N-dealkylation sites (N-methyl/N-ethyl adjacent to an activating group) is 1. The molecule has 0 aliphatic heterocycles. The summed E-state index contributed by atoms with van der Waals surface area (Å²) in [4.78, 5) is 49.1. The number of amides is 2. The van der Waals surface area contributed by atoms with Crippen molar-refractivity contribution < 1.29 is 28.7 Å². The van der Waals surface area contributed by atoms with Gasteiger partial charge in [0, 0.05) is 12.7 Å². The molecule has 0 fully saturated rings. The van der Waals surface area contributed by atoms with Crippen LogP contribution in [0.25, 0.3) is 0 Å². The molecule has 0 spiro atoms. The topological polar surface area (TPSA) is 102 Å². The molecule has 8 heteroatoms. The number of aryl methyl sites for hydroxylation is 2. The Kier molecular flexibility index (Phi) is 7.69. The number of nitrogens with zero attached hydrogens (tertiary/aromatic N) is 1. The Labute approximate surface area is 174 Å². The Morgan fingerprint density at radius 2 is 1.43 bits per heavy atom. The molecule has 8 nitrogen and oxygen atoms in total. The number of benzene rings is 2. The van der Waals surface area contributed by atoms with E-state index in [4.69, 9.17) is 4.74 Å². The van der Waals surface area contributed by atoms with E-state index in [-0.39, 0.29) is 18.0 Å². The zero-order chi connectivity index (χ0) is 22.3. The van der Waals surface area contributed by atoms with Gasteiger partial charge in [0.1, 0.15) is 0 Å². The molecule has 0 aromatic heterocycles. The van der Waals surface area contributed by atoms with E-state index in [2.05, 4.69) is 10.1 Å². The van der Waals surface area contributed by atoms with Crippen LogP contribution < -0.4 is 5.32 Å². The van der Waals surface area contributed by atoms with Gasteiger partial charge in [-0.2, -0.15) is 0 Å². The van der Waals surface area contributed by atoms with Crippen molar-refractivity contribution in [1.82, 2.24) is 4.90 Å². The summed E-state index contributed by atoms with van der Waals surface area (Å²) in [5.41, 5.74) is 3.03. The highest BCUT2D eigenvalue weighted by molar-refractivity contribution is 5.97. The first-order chi connectivity index (χ1) is 14.2. The molecule has 2 aromatic carbocycles. The van der Waals surface area contributed by atoms with Crippen molar-refractivity contribution in [3.8, 4) is 0 Å².